The van der Waals surface area contributed by atoms with Crippen LogP contribution in [0, 0.1) is 38.8 Å². The topological polar surface area (TPSA) is 25.8 Å². The number of rotatable bonds is 6. The quantitative estimate of drug-likeness (QED) is 0.167. The maximum atomic E-state index is 4.51. The number of nitrogens with zero attached hydrogens (tertiary/aromatic N) is 2. The van der Waals surface area contributed by atoms with Gasteiger partial charge in [0.1, 0.15) is 0 Å². The van der Waals surface area contributed by atoms with Crippen molar-refractivity contribution in [3.8, 4) is 22.5 Å². The van der Waals surface area contributed by atoms with E-state index in [4.69, 9.17) is 0 Å². The first kappa shape index (κ1) is 30.2. The molecule has 5 aromatic rings. The third-order valence-electron chi connectivity index (χ3n) is 6.53. The van der Waals surface area contributed by atoms with Crippen LogP contribution in [0.3, 0.4) is 0 Å². The number of aromatic nitrogens is 2. The number of hydrogen-bond donors (Lipinski definition) is 0. The molecule has 0 fully saturated rings. The molecule has 0 aliphatic rings. The van der Waals surface area contributed by atoms with Gasteiger partial charge in [-0.25, -0.2) is 0 Å². The van der Waals surface area contributed by atoms with E-state index in [-0.39, 0.29) is 20.1 Å². The summed E-state index contributed by atoms with van der Waals surface area (Å²) in [5.41, 5.74) is 12.0. The van der Waals surface area contributed by atoms with E-state index < -0.39 is 0 Å². The van der Waals surface area contributed by atoms with Gasteiger partial charge in [-0.2, -0.15) is 0 Å². The van der Waals surface area contributed by atoms with Crippen molar-refractivity contribution >= 4 is 0 Å². The molecule has 2 nitrogen and oxygen atoms in total. The normalized spacial score (nSPS) is 10.4. The van der Waals surface area contributed by atoms with Crippen molar-refractivity contribution in [2.45, 2.75) is 47.5 Å². The van der Waals surface area contributed by atoms with E-state index in [1.165, 1.54) is 33.4 Å². The van der Waals surface area contributed by atoms with Gasteiger partial charge in [0, 0.05) is 32.5 Å². The Labute approximate surface area is 248 Å². The molecule has 0 unspecified atom stereocenters. The maximum absolute atomic E-state index is 4.51. The van der Waals surface area contributed by atoms with Gasteiger partial charge < -0.3 is 9.97 Å². The Hall–Kier alpha value is -3.39. The maximum Gasteiger partial charge on any atom is 0.0192 e. The molecule has 2 heterocycles. The summed E-state index contributed by atoms with van der Waals surface area (Å²) in [6.07, 6.45) is 5.84. The predicted octanol–water partition coefficient (Wildman–Crippen LogP) is 8.81. The monoisotopic (exact) mass is 689 g/mol. The molecule has 0 bridgehead atoms. The molecule has 0 aliphatic heterocycles. The van der Waals surface area contributed by atoms with E-state index in [0.29, 0.717) is 5.92 Å². The van der Waals surface area contributed by atoms with Crippen LogP contribution in [-0.4, -0.2) is 9.97 Å². The van der Waals surface area contributed by atoms with Crippen molar-refractivity contribution in [3.63, 3.8) is 0 Å². The number of aryl methyl sites for hydroxylation is 3. The second kappa shape index (κ2) is 14.7. The smallest absolute Gasteiger partial charge is 0.0192 e. The fraction of sp³-hybridized carbons (Fsp3) is 0.222. The predicted molar refractivity (Wildman–Crippen MR) is 159 cm³/mol. The summed E-state index contributed by atoms with van der Waals surface area (Å²) in [6.45, 7) is 10.8. The zero-order chi connectivity index (χ0) is 26.9. The summed E-state index contributed by atoms with van der Waals surface area (Å²) in [7, 11) is 0. The Morgan fingerprint density at radius 1 is 0.692 bits per heavy atom. The number of benzene rings is 3. The third-order valence-corrected chi connectivity index (χ3v) is 6.53. The summed E-state index contributed by atoms with van der Waals surface area (Å²) < 4.78 is 0. The molecule has 201 valence electrons. The fourth-order valence-corrected chi connectivity index (χ4v) is 4.32. The molecule has 0 aliphatic carbocycles. The molecule has 1 radical (unpaired) electrons. The summed E-state index contributed by atoms with van der Waals surface area (Å²) in [5, 5.41) is 0. The van der Waals surface area contributed by atoms with Crippen LogP contribution in [0.2, 0.25) is 0 Å². The van der Waals surface area contributed by atoms with Crippen molar-refractivity contribution in [1.29, 1.82) is 0 Å². The van der Waals surface area contributed by atoms with Crippen LogP contribution in [0.5, 0.6) is 0 Å². The van der Waals surface area contributed by atoms with Crippen molar-refractivity contribution < 1.29 is 20.1 Å². The molecule has 2 aromatic heterocycles. The Kier molecular flexibility index (Phi) is 11.3. The van der Waals surface area contributed by atoms with Gasteiger partial charge in [-0.1, -0.05) is 81.8 Å². The SMILES string of the molecule is Cc1c[c-]c(-c2cc(CC(C)C)c(C)cn2)cc1.Cc1c[c-]c(-c2ccccn2)cc1Cc1ccccc1.[Ir]. The van der Waals surface area contributed by atoms with Crippen molar-refractivity contribution in [2.24, 2.45) is 5.92 Å². The molecule has 5 rings (SSSR count). The summed E-state index contributed by atoms with van der Waals surface area (Å²) in [5.74, 6) is 0.668. The molecule has 3 aromatic carbocycles. The molecule has 39 heavy (non-hydrogen) atoms. The zero-order valence-corrected chi connectivity index (χ0v) is 25.9. The standard InChI is InChI=1S/C19H16N.C17H20N.Ir/c1-15-10-11-17(19-9-5-6-12-20-19)14-18(15)13-16-7-3-2-4-8-16;1-12(2)9-16-10-17(18-11-14(16)4)15-7-5-13(3)6-8-15;/h2-10,12,14H,13H2,1H3;5-7,10-12H,9H2,1-4H3;/q2*-1;. The summed E-state index contributed by atoms with van der Waals surface area (Å²) in [6, 6.07) is 35.8. The molecule has 0 N–H and O–H groups in total. The molecule has 0 spiro atoms. The van der Waals surface area contributed by atoms with Gasteiger partial charge in [0.2, 0.25) is 0 Å². The van der Waals surface area contributed by atoms with Gasteiger partial charge in [-0.15, -0.1) is 70.3 Å². The molecule has 0 atom stereocenters. The van der Waals surface area contributed by atoms with Gasteiger partial charge in [0.25, 0.3) is 0 Å². The van der Waals surface area contributed by atoms with Gasteiger partial charge in [0.05, 0.1) is 0 Å². The zero-order valence-electron chi connectivity index (χ0n) is 23.5. The first-order valence-corrected chi connectivity index (χ1v) is 13.3. The minimum Gasteiger partial charge on any atom is -0.305 e. The van der Waals surface area contributed by atoms with E-state index in [9.17, 15) is 0 Å². The van der Waals surface area contributed by atoms with Crippen LogP contribution in [-0.2, 0) is 32.9 Å². The van der Waals surface area contributed by atoms with Gasteiger partial charge >= 0.3 is 0 Å². The third kappa shape index (κ3) is 8.82. The van der Waals surface area contributed by atoms with E-state index in [1.807, 2.05) is 36.7 Å². The van der Waals surface area contributed by atoms with E-state index in [0.717, 1.165) is 35.4 Å². The second-order valence-corrected chi connectivity index (χ2v) is 10.3. The average molecular weight is 689 g/mol. The Balaban J connectivity index is 0.000000211. The van der Waals surface area contributed by atoms with E-state index in [1.54, 1.807) is 0 Å². The molecular formula is C36H36IrN2-2. The number of hydrogen-bond acceptors (Lipinski definition) is 2. The van der Waals surface area contributed by atoms with E-state index >= 15 is 0 Å². The molecule has 0 saturated carbocycles. The molecular weight excluding hydrogens is 653 g/mol. The van der Waals surface area contributed by atoms with Crippen LogP contribution in [0.4, 0.5) is 0 Å². The number of pyridine rings is 2. The van der Waals surface area contributed by atoms with E-state index in [2.05, 4.69) is 117 Å². The molecule has 0 saturated heterocycles. The Bertz CT molecular complexity index is 1440. The van der Waals surface area contributed by atoms with Crippen LogP contribution >= 0.6 is 0 Å². The van der Waals surface area contributed by atoms with Gasteiger partial charge in [-0.05, 0) is 54.3 Å². The second-order valence-electron chi connectivity index (χ2n) is 10.3. The minimum absolute atomic E-state index is 0. The average Bonchev–Trinajstić information content (AvgIpc) is 2.93. The van der Waals surface area contributed by atoms with Crippen LogP contribution in [0.1, 0.15) is 47.2 Å². The summed E-state index contributed by atoms with van der Waals surface area (Å²) >= 11 is 0. The van der Waals surface area contributed by atoms with Crippen LogP contribution in [0.15, 0.2) is 97.3 Å². The molecule has 0 amide bonds. The van der Waals surface area contributed by atoms with Crippen molar-refractivity contribution in [1.82, 2.24) is 9.97 Å². The van der Waals surface area contributed by atoms with Crippen molar-refractivity contribution in [2.75, 3.05) is 0 Å². The Morgan fingerprint density at radius 2 is 1.44 bits per heavy atom. The fourth-order valence-electron chi connectivity index (χ4n) is 4.32. The van der Waals surface area contributed by atoms with Gasteiger partial charge in [0.15, 0.2) is 0 Å². The largest absolute Gasteiger partial charge is 0.305 e. The first-order valence-electron chi connectivity index (χ1n) is 13.3. The van der Waals surface area contributed by atoms with Crippen molar-refractivity contribution in [3.05, 3.63) is 143 Å². The van der Waals surface area contributed by atoms with Crippen LogP contribution < -0.4 is 0 Å². The summed E-state index contributed by atoms with van der Waals surface area (Å²) in [4.78, 5) is 8.91. The minimum atomic E-state index is 0. The Morgan fingerprint density at radius 3 is 2.10 bits per heavy atom. The first-order chi connectivity index (χ1) is 18.4. The van der Waals surface area contributed by atoms with Gasteiger partial charge in [-0.3, -0.25) is 0 Å². The van der Waals surface area contributed by atoms with Crippen LogP contribution in [0.25, 0.3) is 22.5 Å². The molecule has 3 heteroatoms.